The molecule has 2 unspecified atom stereocenters. The number of nitrogens with two attached hydrogens (primary N) is 1. The van der Waals surface area contributed by atoms with Gasteiger partial charge < -0.3 is 20.5 Å². The molecule has 0 bridgehead atoms. The quantitative estimate of drug-likeness (QED) is 0.859. The summed E-state index contributed by atoms with van der Waals surface area (Å²) in [6.07, 6.45) is 4.05. The Kier molecular flexibility index (Phi) is 7.58. The summed E-state index contributed by atoms with van der Waals surface area (Å²) < 4.78 is 24.3. The molecular formula is C16H24ClFN2O3. The van der Waals surface area contributed by atoms with Gasteiger partial charge in [0.05, 0.1) is 19.8 Å². The first-order valence-electron chi connectivity index (χ1n) is 7.53. The molecule has 1 aliphatic rings. The fourth-order valence-electron chi connectivity index (χ4n) is 2.95. The van der Waals surface area contributed by atoms with E-state index in [4.69, 9.17) is 15.2 Å². The minimum atomic E-state index is -0.629. The second kappa shape index (κ2) is 8.93. The van der Waals surface area contributed by atoms with Crippen molar-refractivity contribution in [2.45, 2.75) is 31.7 Å². The monoisotopic (exact) mass is 346 g/mol. The smallest absolute Gasteiger partial charge is 0.254 e. The Morgan fingerprint density at radius 2 is 1.87 bits per heavy atom. The molecule has 2 rings (SSSR count). The molecule has 1 aromatic rings. The first kappa shape index (κ1) is 19.5. The van der Waals surface area contributed by atoms with Gasteiger partial charge in [-0.2, -0.15) is 0 Å². The molecule has 23 heavy (non-hydrogen) atoms. The third-order valence-corrected chi connectivity index (χ3v) is 4.25. The average Bonchev–Trinajstić information content (AvgIpc) is 2.54. The van der Waals surface area contributed by atoms with Crippen LogP contribution in [0.15, 0.2) is 12.1 Å². The third kappa shape index (κ3) is 4.48. The van der Waals surface area contributed by atoms with Gasteiger partial charge in [-0.15, -0.1) is 12.4 Å². The molecule has 0 spiro atoms. The van der Waals surface area contributed by atoms with E-state index in [1.807, 2.05) is 0 Å². The molecule has 5 nitrogen and oxygen atoms in total. The molecule has 2 atom stereocenters. The Bertz CT molecular complexity index is 542. The number of methoxy groups -OCH3 is 2. The van der Waals surface area contributed by atoms with Crippen molar-refractivity contribution in [3.05, 3.63) is 23.5 Å². The van der Waals surface area contributed by atoms with Crippen molar-refractivity contribution in [1.82, 2.24) is 5.32 Å². The summed E-state index contributed by atoms with van der Waals surface area (Å²) in [5.41, 5.74) is 5.72. The molecule has 1 amide bonds. The van der Waals surface area contributed by atoms with Crippen molar-refractivity contribution >= 4 is 18.3 Å². The Morgan fingerprint density at radius 1 is 1.26 bits per heavy atom. The van der Waals surface area contributed by atoms with Crippen molar-refractivity contribution < 1.29 is 18.7 Å². The minimum absolute atomic E-state index is 0. The maximum atomic E-state index is 14.1. The molecule has 1 saturated carbocycles. The van der Waals surface area contributed by atoms with E-state index in [-0.39, 0.29) is 35.7 Å². The summed E-state index contributed by atoms with van der Waals surface area (Å²) in [4.78, 5) is 12.4. The molecule has 3 N–H and O–H groups in total. The molecule has 7 heteroatoms. The Hall–Kier alpha value is -1.53. The summed E-state index contributed by atoms with van der Waals surface area (Å²) in [6, 6.07) is 2.53. The van der Waals surface area contributed by atoms with E-state index < -0.39 is 11.7 Å². The molecule has 1 aromatic carbocycles. The molecule has 1 aliphatic carbocycles. The SMILES string of the molecule is COc1cc(F)c(C(=O)NC2CCCCC2CN)cc1OC.Cl. The average molecular weight is 347 g/mol. The van der Waals surface area contributed by atoms with Gasteiger partial charge in [-0.1, -0.05) is 12.8 Å². The largest absolute Gasteiger partial charge is 0.493 e. The normalized spacial score (nSPS) is 20.3. The standard InChI is InChI=1S/C16H23FN2O3.ClH/c1-21-14-7-11(12(17)8-15(14)22-2)16(20)19-13-6-4-3-5-10(13)9-18;/h7-8,10,13H,3-6,9,18H2,1-2H3,(H,19,20);1H. The van der Waals surface area contributed by atoms with Crippen LogP contribution in [0.4, 0.5) is 4.39 Å². The molecule has 0 radical (unpaired) electrons. The van der Waals surface area contributed by atoms with E-state index in [1.165, 1.54) is 20.3 Å². The Labute approximate surface area is 142 Å². The van der Waals surface area contributed by atoms with Gasteiger partial charge in [-0.3, -0.25) is 4.79 Å². The second-order valence-corrected chi connectivity index (χ2v) is 5.55. The number of rotatable bonds is 5. The van der Waals surface area contributed by atoms with Crippen molar-refractivity contribution in [3.8, 4) is 11.5 Å². The number of nitrogens with one attached hydrogen (secondary N) is 1. The Balaban J connectivity index is 0.00000264. The summed E-state index contributed by atoms with van der Waals surface area (Å²) >= 11 is 0. The fourth-order valence-corrected chi connectivity index (χ4v) is 2.95. The van der Waals surface area contributed by atoms with Crippen molar-refractivity contribution in [1.29, 1.82) is 0 Å². The van der Waals surface area contributed by atoms with E-state index >= 15 is 0 Å². The first-order chi connectivity index (χ1) is 10.6. The van der Waals surface area contributed by atoms with E-state index in [9.17, 15) is 9.18 Å². The van der Waals surface area contributed by atoms with Crippen molar-refractivity contribution in [3.63, 3.8) is 0 Å². The zero-order chi connectivity index (χ0) is 16.1. The van der Waals surface area contributed by atoms with Gasteiger partial charge in [0.25, 0.3) is 5.91 Å². The van der Waals surface area contributed by atoms with Crippen LogP contribution >= 0.6 is 12.4 Å². The zero-order valence-electron chi connectivity index (χ0n) is 13.4. The summed E-state index contributed by atoms with van der Waals surface area (Å²) in [5.74, 6) is -0.234. The lowest BCUT2D eigenvalue weighted by atomic mass is 9.84. The fraction of sp³-hybridized carbons (Fsp3) is 0.562. The topological polar surface area (TPSA) is 73.6 Å². The second-order valence-electron chi connectivity index (χ2n) is 5.55. The van der Waals surface area contributed by atoms with E-state index in [2.05, 4.69) is 5.32 Å². The number of ether oxygens (including phenoxy) is 2. The van der Waals surface area contributed by atoms with Gasteiger partial charge in [0.1, 0.15) is 5.82 Å². The van der Waals surface area contributed by atoms with Gasteiger partial charge in [0.15, 0.2) is 11.5 Å². The zero-order valence-corrected chi connectivity index (χ0v) is 14.2. The molecular weight excluding hydrogens is 323 g/mol. The molecule has 0 heterocycles. The number of hydrogen-bond acceptors (Lipinski definition) is 4. The number of carbonyl (C=O) groups excluding carboxylic acids is 1. The van der Waals surface area contributed by atoms with Crippen LogP contribution in [0, 0.1) is 11.7 Å². The van der Waals surface area contributed by atoms with Crippen LogP contribution < -0.4 is 20.5 Å². The van der Waals surface area contributed by atoms with Gasteiger partial charge >= 0.3 is 0 Å². The van der Waals surface area contributed by atoms with E-state index in [0.717, 1.165) is 31.7 Å². The number of carbonyl (C=O) groups is 1. The summed E-state index contributed by atoms with van der Waals surface area (Å²) in [6.45, 7) is 0.527. The van der Waals surface area contributed by atoms with Gasteiger partial charge in [0.2, 0.25) is 0 Å². The predicted molar refractivity (Wildman–Crippen MR) is 89.0 cm³/mol. The molecule has 0 saturated heterocycles. The minimum Gasteiger partial charge on any atom is -0.493 e. The number of hydrogen-bond donors (Lipinski definition) is 2. The first-order valence-corrected chi connectivity index (χ1v) is 7.53. The van der Waals surface area contributed by atoms with Crippen LogP contribution in [0.25, 0.3) is 0 Å². The van der Waals surface area contributed by atoms with Crippen LogP contribution in [0.5, 0.6) is 11.5 Å². The number of halogens is 2. The van der Waals surface area contributed by atoms with Crippen molar-refractivity contribution in [2.75, 3.05) is 20.8 Å². The highest BCUT2D eigenvalue weighted by Crippen LogP contribution is 2.30. The predicted octanol–water partition coefficient (Wildman–Crippen LogP) is 2.51. The van der Waals surface area contributed by atoms with Gasteiger partial charge in [0, 0.05) is 12.1 Å². The maximum Gasteiger partial charge on any atom is 0.254 e. The van der Waals surface area contributed by atoms with Crippen LogP contribution in [-0.2, 0) is 0 Å². The van der Waals surface area contributed by atoms with Crippen molar-refractivity contribution in [2.24, 2.45) is 11.7 Å². The third-order valence-electron chi connectivity index (χ3n) is 4.25. The molecule has 0 aliphatic heterocycles. The molecule has 130 valence electrons. The van der Waals surface area contributed by atoms with Crippen LogP contribution in [0.3, 0.4) is 0 Å². The van der Waals surface area contributed by atoms with Crippen LogP contribution in [0.2, 0.25) is 0 Å². The lowest BCUT2D eigenvalue weighted by Gasteiger charge is -2.31. The molecule has 1 fully saturated rings. The highest BCUT2D eigenvalue weighted by Gasteiger charge is 2.27. The Morgan fingerprint density at radius 3 is 2.48 bits per heavy atom. The van der Waals surface area contributed by atoms with Gasteiger partial charge in [-0.25, -0.2) is 4.39 Å². The number of benzene rings is 1. The van der Waals surface area contributed by atoms with Gasteiger partial charge in [-0.05, 0) is 31.4 Å². The number of amides is 1. The maximum absolute atomic E-state index is 14.1. The highest BCUT2D eigenvalue weighted by atomic mass is 35.5. The van der Waals surface area contributed by atoms with E-state index in [1.54, 1.807) is 0 Å². The van der Waals surface area contributed by atoms with E-state index in [0.29, 0.717) is 12.3 Å². The summed E-state index contributed by atoms with van der Waals surface area (Å²) in [5, 5.41) is 2.91. The lowest BCUT2D eigenvalue weighted by Crippen LogP contribution is -2.44. The summed E-state index contributed by atoms with van der Waals surface area (Å²) in [7, 11) is 2.87. The highest BCUT2D eigenvalue weighted by molar-refractivity contribution is 5.95. The van der Waals surface area contributed by atoms with Crippen LogP contribution in [-0.4, -0.2) is 32.7 Å². The lowest BCUT2D eigenvalue weighted by molar-refractivity contribution is 0.0903. The van der Waals surface area contributed by atoms with Crippen LogP contribution in [0.1, 0.15) is 36.0 Å². The molecule has 0 aromatic heterocycles.